The molecule has 0 aromatic rings. The molecule has 2 amide bonds. The van der Waals surface area contributed by atoms with Gasteiger partial charge in [-0.2, -0.15) is 0 Å². The van der Waals surface area contributed by atoms with Crippen LogP contribution in [-0.4, -0.2) is 42.4 Å². The smallest absolute Gasteiger partial charge is 0.314 e. The lowest BCUT2D eigenvalue weighted by atomic mass is 9.97. The van der Waals surface area contributed by atoms with E-state index < -0.39 is 17.5 Å². The van der Waals surface area contributed by atoms with Crippen molar-refractivity contribution in [1.29, 1.82) is 0 Å². The average Bonchev–Trinajstić information content (AvgIpc) is 2.31. The molecule has 0 spiro atoms. The molecule has 0 saturated heterocycles. The number of carbonyl (C=O) groups excluding carboxylic acids is 1. The third-order valence-electron chi connectivity index (χ3n) is 2.82. The molecule has 1 unspecified atom stereocenters. The monoisotopic (exact) mass is 288 g/mol. The summed E-state index contributed by atoms with van der Waals surface area (Å²) in [5.74, 6) is -1.16. The molecule has 0 bridgehead atoms. The van der Waals surface area contributed by atoms with E-state index in [4.69, 9.17) is 9.84 Å². The molecule has 0 aliphatic carbocycles. The van der Waals surface area contributed by atoms with Crippen molar-refractivity contribution in [3.63, 3.8) is 0 Å². The fraction of sp³-hybridized carbons (Fsp3) is 0.857. The zero-order valence-electron chi connectivity index (χ0n) is 13.2. The Hall–Kier alpha value is -1.30. The maximum Gasteiger partial charge on any atom is 0.314 e. The van der Waals surface area contributed by atoms with Crippen LogP contribution in [0.15, 0.2) is 0 Å². The Morgan fingerprint density at radius 3 is 2.30 bits per heavy atom. The van der Waals surface area contributed by atoms with Crippen molar-refractivity contribution in [2.45, 2.75) is 46.6 Å². The topological polar surface area (TPSA) is 87.7 Å². The van der Waals surface area contributed by atoms with Crippen LogP contribution in [-0.2, 0) is 9.53 Å². The van der Waals surface area contributed by atoms with E-state index in [0.717, 1.165) is 0 Å². The summed E-state index contributed by atoms with van der Waals surface area (Å²) in [6, 6.07) is -0.368. The second kappa shape index (κ2) is 8.79. The number of ether oxygens (including phenoxy) is 1. The number of carboxylic acids is 1. The Kier molecular flexibility index (Phi) is 8.22. The van der Waals surface area contributed by atoms with Crippen molar-refractivity contribution in [3.8, 4) is 0 Å². The Morgan fingerprint density at radius 1 is 1.25 bits per heavy atom. The van der Waals surface area contributed by atoms with Gasteiger partial charge >= 0.3 is 12.0 Å². The first-order valence-corrected chi connectivity index (χ1v) is 7.06. The fourth-order valence-corrected chi connectivity index (χ4v) is 1.85. The van der Waals surface area contributed by atoms with E-state index in [1.165, 1.54) is 0 Å². The molecule has 0 rings (SSSR count). The molecule has 1 atom stereocenters. The molecular weight excluding hydrogens is 260 g/mol. The molecule has 6 heteroatoms. The molecule has 0 aliphatic heterocycles. The molecule has 0 radical (unpaired) electrons. The van der Waals surface area contributed by atoms with E-state index in [9.17, 15) is 9.59 Å². The van der Waals surface area contributed by atoms with Gasteiger partial charge in [0.2, 0.25) is 0 Å². The van der Waals surface area contributed by atoms with E-state index in [0.29, 0.717) is 19.6 Å². The first kappa shape index (κ1) is 18.7. The quantitative estimate of drug-likeness (QED) is 0.604. The van der Waals surface area contributed by atoms with Gasteiger partial charge in [0.1, 0.15) is 0 Å². The molecule has 0 saturated carbocycles. The third-order valence-corrected chi connectivity index (χ3v) is 2.82. The van der Waals surface area contributed by atoms with Crippen molar-refractivity contribution >= 4 is 12.0 Å². The number of carboxylic acid groups (broad SMARTS) is 1. The molecule has 118 valence electrons. The first-order chi connectivity index (χ1) is 9.18. The van der Waals surface area contributed by atoms with Crippen LogP contribution in [0.25, 0.3) is 0 Å². The number of rotatable bonds is 9. The average molecular weight is 288 g/mol. The van der Waals surface area contributed by atoms with Crippen molar-refractivity contribution in [3.05, 3.63) is 0 Å². The van der Waals surface area contributed by atoms with E-state index in [2.05, 4.69) is 10.6 Å². The van der Waals surface area contributed by atoms with Gasteiger partial charge < -0.3 is 20.5 Å². The van der Waals surface area contributed by atoms with Gasteiger partial charge in [-0.05, 0) is 33.1 Å². The molecule has 0 fully saturated rings. The third kappa shape index (κ3) is 8.74. The van der Waals surface area contributed by atoms with E-state index in [1.807, 2.05) is 34.6 Å². The molecular formula is C14H28N2O4. The molecule has 0 heterocycles. The highest BCUT2D eigenvalue weighted by atomic mass is 16.5. The van der Waals surface area contributed by atoms with Gasteiger partial charge in [0, 0.05) is 19.7 Å². The van der Waals surface area contributed by atoms with Crippen LogP contribution >= 0.6 is 0 Å². The fourth-order valence-electron chi connectivity index (χ4n) is 1.85. The number of urea groups is 1. The van der Waals surface area contributed by atoms with Gasteiger partial charge in [-0.1, -0.05) is 13.8 Å². The molecule has 0 aliphatic rings. The lowest BCUT2D eigenvalue weighted by molar-refractivity contribution is -0.142. The van der Waals surface area contributed by atoms with Crippen LogP contribution in [0.4, 0.5) is 4.79 Å². The van der Waals surface area contributed by atoms with Gasteiger partial charge in [0.25, 0.3) is 0 Å². The van der Waals surface area contributed by atoms with Crippen molar-refractivity contribution in [2.24, 2.45) is 11.8 Å². The van der Waals surface area contributed by atoms with E-state index in [-0.39, 0.29) is 18.5 Å². The van der Waals surface area contributed by atoms with Gasteiger partial charge in [0.05, 0.1) is 11.5 Å². The summed E-state index contributed by atoms with van der Waals surface area (Å²) in [4.78, 5) is 22.7. The van der Waals surface area contributed by atoms with E-state index in [1.54, 1.807) is 0 Å². The number of carbonyl (C=O) groups is 2. The van der Waals surface area contributed by atoms with Crippen LogP contribution < -0.4 is 10.6 Å². The normalized spacial score (nSPS) is 13.1. The van der Waals surface area contributed by atoms with Crippen molar-refractivity contribution < 1.29 is 19.4 Å². The SMILES string of the molecule is CCOC(C)(C)CNC(=O)NCC(CC(C)C)C(=O)O. The lowest BCUT2D eigenvalue weighted by Gasteiger charge is -2.25. The van der Waals surface area contributed by atoms with Crippen molar-refractivity contribution in [1.82, 2.24) is 10.6 Å². The number of nitrogens with one attached hydrogen (secondary N) is 2. The minimum Gasteiger partial charge on any atom is -0.481 e. The second-order valence-electron chi connectivity index (χ2n) is 5.92. The second-order valence-corrected chi connectivity index (χ2v) is 5.92. The van der Waals surface area contributed by atoms with Gasteiger partial charge in [-0.25, -0.2) is 4.79 Å². The summed E-state index contributed by atoms with van der Waals surface area (Å²) in [6.45, 7) is 10.7. The highest BCUT2D eigenvalue weighted by Crippen LogP contribution is 2.11. The lowest BCUT2D eigenvalue weighted by Crippen LogP contribution is -2.46. The van der Waals surface area contributed by atoms with Crippen LogP contribution in [0.5, 0.6) is 0 Å². The maximum absolute atomic E-state index is 11.6. The highest BCUT2D eigenvalue weighted by Gasteiger charge is 2.21. The summed E-state index contributed by atoms with van der Waals surface area (Å²) in [7, 11) is 0. The van der Waals surface area contributed by atoms with Crippen LogP contribution in [0.3, 0.4) is 0 Å². The summed E-state index contributed by atoms with van der Waals surface area (Å²) < 4.78 is 5.46. The molecule has 0 aromatic carbocycles. The minimum absolute atomic E-state index is 0.133. The molecule has 6 nitrogen and oxygen atoms in total. The number of amides is 2. The Morgan fingerprint density at radius 2 is 1.85 bits per heavy atom. The van der Waals surface area contributed by atoms with Crippen molar-refractivity contribution in [2.75, 3.05) is 19.7 Å². The summed E-state index contributed by atoms with van der Waals surface area (Å²) >= 11 is 0. The standard InChI is InChI=1S/C14H28N2O4/c1-6-20-14(4,5)9-16-13(19)15-8-11(12(17)18)7-10(2)3/h10-11H,6-9H2,1-5H3,(H,17,18)(H2,15,16,19). The largest absolute Gasteiger partial charge is 0.481 e. The Labute approximate surface area is 121 Å². The van der Waals surface area contributed by atoms with Gasteiger partial charge in [-0.15, -0.1) is 0 Å². The van der Waals surface area contributed by atoms with Gasteiger partial charge in [0.15, 0.2) is 0 Å². The van der Waals surface area contributed by atoms with Gasteiger partial charge in [-0.3, -0.25) is 4.79 Å². The number of hydrogen-bond acceptors (Lipinski definition) is 3. The zero-order valence-corrected chi connectivity index (χ0v) is 13.2. The van der Waals surface area contributed by atoms with Crippen LogP contribution in [0.2, 0.25) is 0 Å². The number of aliphatic carboxylic acids is 1. The molecule has 20 heavy (non-hydrogen) atoms. The number of hydrogen-bond donors (Lipinski definition) is 3. The molecule has 3 N–H and O–H groups in total. The Balaban J connectivity index is 4.11. The summed E-state index contributed by atoms with van der Waals surface area (Å²) in [5, 5.41) is 14.4. The molecule has 0 aromatic heterocycles. The maximum atomic E-state index is 11.6. The predicted octanol–water partition coefficient (Wildman–Crippen LogP) is 1.85. The predicted molar refractivity (Wildman–Crippen MR) is 77.7 cm³/mol. The highest BCUT2D eigenvalue weighted by molar-refractivity contribution is 5.75. The summed E-state index contributed by atoms with van der Waals surface area (Å²) in [6.07, 6.45) is 0.542. The van der Waals surface area contributed by atoms with E-state index >= 15 is 0 Å². The van der Waals surface area contributed by atoms with Crippen LogP contribution in [0, 0.1) is 11.8 Å². The zero-order chi connectivity index (χ0) is 15.8. The Bertz CT molecular complexity index is 316. The van der Waals surface area contributed by atoms with Crippen LogP contribution in [0.1, 0.15) is 41.0 Å². The first-order valence-electron chi connectivity index (χ1n) is 7.06. The minimum atomic E-state index is -0.881. The summed E-state index contributed by atoms with van der Waals surface area (Å²) in [5.41, 5.74) is -0.434.